The van der Waals surface area contributed by atoms with E-state index in [0.717, 1.165) is 18.5 Å². The molecule has 1 N–H and O–H groups in total. The number of amides is 2. The predicted octanol–water partition coefficient (Wildman–Crippen LogP) is 5.37. The first-order chi connectivity index (χ1) is 16.8. The van der Waals surface area contributed by atoms with Crippen LogP contribution in [0.4, 0.5) is 11.4 Å². The Labute approximate surface area is 210 Å². The molecule has 6 nitrogen and oxygen atoms in total. The van der Waals surface area contributed by atoms with Crippen LogP contribution in [0.15, 0.2) is 77.7 Å². The fourth-order valence-electron chi connectivity index (χ4n) is 3.86. The minimum Gasteiger partial charge on any atom is -0.326 e. The van der Waals surface area contributed by atoms with E-state index in [0.29, 0.717) is 23.4 Å². The number of rotatable bonds is 9. The molecule has 3 aromatic carbocycles. The Balaban J connectivity index is 1.39. The van der Waals surface area contributed by atoms with Crippen LogP contribution >= 0.6 is 11.6 Å². The second-order valence-electron chi connectivity index (χ2n) is 8.67. The van der Waals surface area contributed by atoms with E-state index in [9.17, 15) is 18.0 Å². The molecule has 8 heteroatoms. The van der Waals surface area contributed by atoms with Crippen molar-refractivity contribution in [1.82, 2.24) is 0 Å². The third-order valence-electron chi connectivity index (χ3n) is 5.91. The third-order valence-corrected chi connectivity index (χ3v) is 8.13. The third kappa shape index (κ3) is 6.29. The summed E-state index contributed by atoms with van der Waals surface area (Å²) in [5.74, 6) is -0.0261. The van der Waals surface area contributed by atoms with E-state index in [1.54, 1.807) is 47.4 Å². The molecule has 0 saturated heterocycles. The second kappa shape index (κ2) is 10.6. The van der Waals surface area contributed by atoms with Crippen molar-refractivity contribution in [3.63, 3.8) is 0 Å². The summed E-state index contributed by atoms with van der Waals surface area (Å²) in [6, 6.07) is 20.6. The molecule has 0 spiro atoms. The molecule has 0 unspecified atom stereocenters. The van der Waals surface area contributed by atoms with Crippen molar-refractivity contribution in [3.8, 4) is 0 Å². The molecule has 1 aliphatic rings. The molecule has 1 saturated carbocycles. The van der Waals surface area contributed by atoms with Gasteiger partial charge in [-0.15, -0.1) is 0 Å². The molecule has 0 bridgehead atoms. The molecule has 35 heavy (non-hydrogen) atoms. The molecule has 1 fully saturated rings. The van der Waals surface area contributed by atoms with Gasteiger partial charge in [-0.3, -0.25) is 9.59 Å². The summed E-state index contributed by atoms with van der Waals surface area (Å²) in [4.78, 5) is 27.5. The van der Waals surface area contributed by atoms with Crippen molar-refractivity contribution in [2.45, 2.75) is 31.1 Å². The van der Waals surface area contributed by atoms with E-state index in [-0.39, 0.29) is 39.8 Å². The summed E-state index contributed by atoms with van der Waals surface area (Å²) in [6.45, 7) is 2.38. The van der Waals surface area contributed by atoms with Gasteiger partial charge in [0, 0.05) is 17.9 Å². The summed E-state index contributed by atoms with van der Waals surface area (Å²) in [7, 11) is -3.28. The van der Waals surface area contributed by atoms with Crippen molar-refractivity contribution in [3.05, 3.63) is 88.9 Å². The van der Waals surface area contributed by atoms with Gasteiger partial charge in [0.1, 0.15) is 0 Å². The number of nitrogens with zero attached hydrogens (tertiary/aromatic N) is 1. The average molecular weight is 511 g/mol. The molecule has 0 aliphatic heterocycles. The number of carbonyl (C=O) groups excluding carboxylic acids is 2. The van der Waals surface area contributed by atoms with E-state index in [4.69, 9.17) is 11.6 Å². The number of benzene rings is 3. The zero-order valence-corrected chi connectivity index (χ0v) is 21.0. The van der Waals surface area contributed by atoms with Crippen LogP contribution in [0.25, 0.3) is 0 Å². The SMILES string of the molecule is CCN(C(=O)c1ccc(NC(=O)Cc2ccc(S(=O)(=O)CC3CC3)cc2)cc1Cl)c1ccccc1. The molecular weight excluding hydrogens is 484 g/mol. The highest BCUT2D eigenvalue weighted by atomic mass is 35.5. The Morgan fingerprint density at radius 3 is 2.29 bits per heavy atom. The van der Waals surface area contributed by atoms with Crippen molar-refractivity contribution in [2.24, 2.45) is 5.92 Å². The van der Waals surface area contributed by atoms with Gasteiger partial charge < -0.3 is 10.2 Å². The Morgan fingerprint density at radius 2 is 1.69 bits per heavy atom. The monoisotopic (exact) mass is 510 g/mol. The van der Waals surface area contributed by atoms with Gasteiger partial charge in [-0.05, 0) is 73.7 Å². The number of hydrogen-bond donors (Lipinski definition) is 1. The maximum absolute atomic E-state index is 13.0. The maximum Gasteiger partial charge on any atom is 0.259 e. The summed E-state index contributed by atoms with van der Waals surface area (Å²) >= 11 is 6.40. The minimum absolute atomic E-state index is 0.0822. The first kappa shape index (κ1) is 24.9. The van der Waals surface area contributed by atoms with E-state index in [1.807, 2.05) is 37.3 Å². The lowest BCUT2D eigenvalue weighted by Gasteiger charge is -2.21. The molecule has 0 heterocycles. The fraction of sp³-hybridized carbons (Fsp3) is 0.259. The molecule has 0 radical (unpaired) electrons. The van der Waals surface area contributed by atoms with Crippen LogP contribution in [0.1, 0.15) is 35.7 Å². The standard InChI is InChI=1S/C27H27ClN2O4S/c1-2-30(22-6-4-3-5-7-22)27(32)24-15-12-21(17-25(24)28)29-26(31)16-19-10-13-23(14-11-19)35(33,34)18-20-8-9-20/h3-7,10-15,17,20H,2,8-9,16,18H2,1H3,(H,29,31). The fourth-order valence-corrected chi connectivity index (χ4v) is 5.82. The van der Waals surface area contributed by atoms with Gasteiger partial charge in [-0.2, -0.15) is 0 Å². The Hall–Kier alpha value is -3.16. The predicted molar refractivity (Wildman–Crippen MR) is 139 cm³/mol. The van der Waals surface area contributed by atoms with Crippen LogP contribution in [-0.2, 0) is 21.1 Å². The first-order valence-corrected chi connectivity index (χ1v) is 13.6. The van der Waals surface area contributed by atoms with E-state index in [1.165, 1.54) is 0 Å². The first-order valence-electron chi connectivity index (χ1n) is 11.5. The van der Waals surface area contributed by atoms with Gasteiger partial charge in [0.25, 0.3) is 5.91 Å². The number of para-hydroxylation sites is 1. The lowest BCUT2D eigenvalue weighted by Crippen LogP contribution is -2.30. The van der Waals surface area contributed by atoms with Gasteiger partial charge in [0.05, 0.1) is 27.7 Å². The molecule has 4 rings (SSSR count). The van der Waals surface area contributed by atoms with Crippen molar-refractivity contribution < 1.29 is 18.0 Å². The van der Waals surface area contributed by atoms with E-state index in [2.05, 4.69) is 5.32 Å². The summed E-state index contributed by atoms with van der Waals surface area (Å²) in [5, 5.41) is 3.03. The molecule has 182 valence electrons. The molecule has 0 atom stereocenters. The molecule has 2 amide bonds. The number of halogens is 1. The van der Waals surface area contributed by atoms with Crippen LogP contribution < -0.4 is 10.2 Å². The molecule has 1 aliphatic carbocycles. The number of carbonyl (C=O) groups is 2. The zero-order chi connectivity index (χ0) is 25.0. The largest absolute Gasteiger partial charge is 0.326 e. The lowest BCUT2D eigenvalue weighted by molar-refractivity contribution is -0.115. The quantitative estimate of drug-likeness (QED) is 0.419. The Bertz CT molecular complexity index is 1320. The number of nitrogens with one attached hydrogen (secondary N) is 1. The topological polar surface area (TPSA) is 83.6 Å². The minimum atomic E-state index is -3.28. The summed E-state index contributed by atoms with van der Waals surface area (Å²) < 4.78 is 24.8. The van der Waals surface area contributed by atoms with Crippen LogP contribution in [0.2, 0.25) is 5.02 Å². The van der Waals surface area contributed by atoms with Crippen LogP contribution in [-0.4, -0.2) is 32.5 Å². The summed E-state index contributed by atoms with van der Waals surface area (Å²) in [5.41, 5.74) is 2.30. The average Bonchev–Trinajstić information content (AvgIpc) is 3.64. The van der Waals surface area contributed by atoms with Crippen LogP contribution in [0, 0.1) is 5.92 Å². The van der Waals surface area contributed by atoms with Crippen molar-refractivity contribution >= 4 is 44.6 Å². The molecule has 3 aromatic rings. The second-order valence-corrected chi connectivity index (χ2v) is 11.1. The normalized spacial score (nSPS) is 13.3. The van der Waals surface area contributed by atoms with E-state index >= 15 is 0 Å². The number of sulfone groups is 1. The zero-order valence-electron chi connectivity index (χ0n) is 19.4. The summed E-state index contributed by atoms with van der Waals surface area (Å²) in [6.07, 6.45) is 2.03. The number of hydrogen-bond acceptors (Lipinski definition) is 4. The van der Waals surface area contributed by atoms with Gasteiger partial charge in [-0.1, -0.05) is 41.9 Å². The lowest BCUT2D eigenvalue weighted by atomic mass is 10.1. The highest BCUT2D eigenvalue weighted by Gasteiger charge is 2.29. The van der Waals surface area contributed by atoms with Crippen molar-refractivity contribution in [2.75, 3.05) is 22.5 Å². The van der Waals surface area contributed by atoms with Crippen LogP contribution in [0.5, 0.6) is 0 Å². The number of anilines is 2. The van der Waals surface area contributed by atoms with Gasteiger partial charge in [0.2, 0.25) is 5.91 Å². The van der Waals surface area contributed by atoms with Gasteiger partial charge in [-0.25, -0.2) is 8.42 Å². The van der Waals surface area contributed by atoms with E-state index < -0.39 is 9.84 Å². The highest BCUT2D eigenvalue weighted by molar-refractivity contribution is 7.91. The maximum atomic E-state index is 13.0. The Morgan fingerprint density at radius 1 is 1.00 bits per heavy atom. The highest BCUT2D eigenvalue weighted by Crippen LogP contribution is 2.32. The van der Waals surface area contributed by atoms with Gasteiger partial charge >= 0.3 is 0 Å². The van der Waals surface area contributed by atoms with Crippen molar-refractivity contribution in [1.29, 1.82) is 0 Å². The smallest absolute Gasteiger partial charge is 0.259 e. The molecular formula is C27H27ClN2O4S. The van der Waals surface area contributed by atoms with Gasteiger partial charge in [0.15, 0.2) is 9.84 Å². The Kier molecular flexibility index (Phi) is 7.57. The molecule has 0 aromatic heterocycles. The van der Waals surface area contributed by atoms with Crippen LogP contribution in [0.3, 0.4) is 0 Å².